The maximum Gasteiger partial charge on any atom is 0.244 e. The first-order valence-electron chi connectivity index (χ1n) is 11.4. The summed E-state index contributed by atoms with van der Waals surface area (Å²) in [4.78, 5) is 27.8. The number of carbonyl (C=O) groups is 2. The van der Waals surface area contributed by atoms with E-state index in [1.165, 1.54) is 31.3 Å². The minimum absolute atomic E-state index is 0.0200. The zero-order valence-corrected chi connectivity index (χ0v) is 23.0. The highest BCUT2D eigenvalue weighted by Gasteiger charge is 2.31. The second kappa shape index (κ2) is 12.8. The van der Waals surface area contributed by atoms with Crippen molar-refractivity contribution in [3.05, 3.63) is 53.1 Å². The predicted molar refractivity (Wildman–Crippen MR) is 141 cm³/mol. The summed E-state index contributed by atoms with van der Waals surface area (Å²) in [7, 11) is -1.04. The molecule has 1 atom stereocenters. The molecule has 0 aliphatic heterocycles. The van der Waals surface area contributed by atoms with Gasteiger partial charge in [0.1, 0.15) is 24.1 Å². The molecule has 1 N–H and O–H groups in total. The van der Waals surface area contributed by atoms with Crippen molar-refractivity contribution < 1.29 is 27.5 Å². The van der Waals surface area contributed by atoms with E-state index < -0.39 is 28.5 Å². The molecule has 2 rings (SSSR count). The van der Waals surface area contributed by atoms with Crippen LogP contribution in [-0.2, 0) is 26.2 Å². The second-order valence-electron chi connectivity index (χ2n) is 8.74. The van der Waals surface area contributed by atoms with Gasteiger partial charge in [-0.2, -0.15) is 0 Å². The van der Waals surface area contributed by atoms with Gasteiger partial charge >= 0.3 is 0 Å². The summed E-state index contributed by atoms with van der Waals surface area (Å²) in [6.07, 6.45) is 1.00. The summed E-state index contributed by atoms with van der Waals surface area (Å²) in [5.74, 6) is -0.0290. The molecule has 0 aliphatic carbocycles. The van der Waals surface area contributed by atoms with E-state index in [1.807, 2.05) is 13.8 Å². The molecule has 36 heavy (non-hydrogen) atoms. The van der Waals surface area contributed by atoms with Crippen LogP contribution in [0.2, 0.25) is 5.02 Å². The Labute approximate surface area is 218 Å². The fourth-order valence-electron chi connectivity index (χ4n) is 3.43. The molecule has 0 saturated heterocycles. The van der Waals surface area contributed by atoms with Gasteiger partial charge in [-0.1, -0.05) is 43.6 Å². The lowest BCUT2D eigenvalue weighted by Gasteiger charge is -2.32. The first kappa shape index (κ1) is 29.3. The summed E-state index contributed by atoms with van der Waals surface area (Å²) in [5.41, 5.74) is 0.799. The molecule has 2 amide bonds. The third-order valence-electron chi connectivity index (χ3n) is 5.49. The number of nitrogens with zero attached hydrogens (tertiary/aromatic N) is 2. The molecule has 0 aromatic heterocycles. The quantitative estimate of drug-likeness (QED) is 0.443. The lowest BCUT2D eigenvalue weighted by Crippen LogP contribution is -2.51. The number of rotatable bonds is 12. The van der Waals surface area contributed by atoms with E-state index in [1.54, 1.807) is 37.3 Å². The Balaban J connectivity index is 2.45. The lowest BCUT2D eigenvalue weighted by atomic mass is 10.1. The zero-order valence-electron chi connectivity index (χ0n) is 21.4. The first-order valence-corrected chi connectivity index (χ1v) is 13.6. The Morgan fingerprint density at radius 3 is 2.28 bits per heavy atom. The molecular weight excluding hydrogens is 506 g/mol. The Morgan fingerprint density at radius 2 is 1.72 bits per heavy atom. The molecule has 0 heterocycles. The van der Waals surface area contributed by atoms with Crippen LogP contribution in [0.15, 0.2) is 42.5 Å². The van der Waals surface area contributed by atoms with Gasteiger partial charge < -0.3 is 19.7 Å². The molecule has 11 heteroatoms. The summed E-state index contributed by atoms with van der Waals surface area (Å²) >= 11 is 6.33. The molecule has 2 aromatic rings. The number of benzene rings is 2. The zero-order chi connectivity index (χ0) is 27.0. The second-order valence-corrected chi connectivity index (χ2v) is 11.0. The summed E-state index contributed by atoms with van der Waals surface area (Å²) in [6, 6.07) is 10.7. The van der Waals surface area contributed by atoms with Crippen LogP contribution in [0.4, 0.5) is 5.69 Å². The van der Waals surface area contributed by atoms with Gasteiger partial charge in [-0.25, -0.2) is 8.42 Å². The van der Waals surface area contributed by atoms with Gasteiger partial charge in [0, 0.05) is 24.2 Å². The Kier molecular flexibility index (Phi) is 10.4. The topological polar surface area (TPSA) is 105 Å². The molecule has 2 aromatic carbocycles. The van der Waals surface area contributed by atoms with Crippen LogP contribution in [0.3, 0.4) is 0 Å². The molecule has 0 saturated carbocycles. The number of methoxy groups -OCH3 is 2. The number of sulfonamides is 1. The average molecular weight is 540 g/mol. The summed E-state index contributed by atoms with van der Waals surface area (Å²) in [6.45, 7) is 5.44. The standard InChI is InChI=1S/C25H34ClN3O6S/c1-17(2)14-27-25(31)18(3)28(15-19-9-7-8-10-21(19)26)24(30)16-29(36(6,32)33)22-12-11-20(34-4)13-23(22)35-5/h7-13,17-18H,14-16H2,1-6H3,(H,27,31). The number of hydrogen-bond donors (Lipinski definition) is 1. The normalized spacial score (nSPS) is 12.1. The van der Waals surface area contributed by atoms with Crippen molar-refractivity contribution in [2.24, 2.45) is 5.92 Å². The van der Waals surface area contributed by atoms with Crippen LogP contribution in [0.25, 0.3) is 0 Å². The van der Waals surface area contributed by atoms with Crippen LogP contribution in [-0.4, -0.2) is 64.7 Å². The number of carbonyl (C=O) groups excluding carboxylic acids is 2. The Bertz CT molecular complexity index is 1170. The first-order chi connectivity index (χ1) is 16.9. The smallest absolute Gasteiger partial charge is 0.244 e. The number of amides is 2. The van der Waals surface area contributed by atoms with Gasteiger partial charge in [0.15, 0.2) is 0 Å². The fraction of sp³-hybridized carbons (Fsp3) is 0.440. The van der Waals surface area contributed by atoms with E-state index in [-0.39, 0.29) is 29.8 Å². The largest absolute Gasteiger partial charge is 0.497 e. The third-order valence-corrected chi connectivity index (χ3v) is 6.98. The number of halogens is 1. The fourth-order valence-corrected chi connectivity index (χ4v) is 4.48. The van der Waals surface area contributed by atoms with E-state index in [0.29, 0.717) is 22.9 Å². The van der Waals surface area contributed by atoms with Crippen molar-refractivity contribution in [2.45, 2.75) is 33.4 Å². The Morgan fingerprint density at radius 1 is 1.06 bits per heavy atom. The molecule has 0 fully saturated rings. The average Bonchev–Trinajstić information content (AvgIpc) is 2.83. The highest BCUT2D eigenvalue weighted by atomic mass is 35.5. The molecule has 198 valence electrons. The van der Waals surface area contributed by atoms with Crippen molar-refractivity contribution in [3.63, 3.8) is 0 Å². The third kappa shape index (κ3) is 7.76. The van der Waals surface area contributed by atoms with Crippen molar-refractivity contribution >= 4 is 39.1 Å². The number of hydrogen-bond acceptors (Lipinski definition) is 6. The molecule has 9 nitrogen and oxygen atoms in total. The number of anilines is 1. The number of nitrogens with one attached hydrogen (secondary N) is 1. The molecule has 0 bridgehead atoms. The number of ether oxygens (including phenoxy) is 2. The molecular formula is C25H34ClN3O6S. The van der Waals surface area contributed by atoms with Crippen LogP contribution >= 0.6 is 11.6 Å². The highest BCUT2D eigenvalue weighted by molar-refractivity contribution is 7.92. The summed E-state index contributed by atoms with van der Waals surface area (Å²) < 4.78 is 37.1. The predicted octanol–water partition coefficient (Wildman–Crippen LogP) is 3.31. The van der Waals surface area contributed by atoms with Crippen LogP contribution in [0.1, 0.15) is 26.3 Å². The Hall–Kier alpha value is -2.98. The van der Waals surface area contributed by atoms with Crippen LogP contribution in [0, 0.1) is 5.92 Å². The SMILES string of the molecule is COc1ccc(N(CC(=O)N(Cc2ccccc2Cl)C(C)C(=O)NCC(C)C)S(C)(=O)=O)c(OC)c1. The van der Waals surface area contributed by atoms with Crippen LogP contribution < -0.4 is 19.1 Å². The van der Waals surface area contributed by atoms with Gasteiger partial charge in [0.25, 0.3) is 0 Å². The molecule has 0 aliphatic rings. The van der Waals surface area contributed by atoms with Crippen molar-refractivity contribution in [2.75, 3.05) is 37.9 Å². The maximum atomic E-state index is 13.6. The molecule has 0 radical (unpaired) electrons. The van der Waals surface area contributed by atoms with Gasteiger partial charge in [-0.05, 0) is 36.6 Å². The highest BCUT2D eigenvalue weighted by Crippen LogP contribution is 2.33. The van der Waals surface area contributed by atoms with E-state index in [2.05, 4.69) is 5.32 Å². The molecule has 1 unspecified atom stereocenters. The van der Waals surface area contributed by atoms with E-state index in [9.17, 15) is 18.0 Å². The minimum Gasteiger partial charge on any atom is -0.497 e. The van der Waals surface area contributed by atoms with Gasteiger partial charge in [-0.3, -0.25) is 13.9 Å². The monoisotopic (exact) mass is 539 g/mol. The van der Waals surface area contributed by atoms with Crippen molar-refractivity contribution in [1.82, 2.24) is 10.2 Å². The minimum atomic E-state index is -3.91. The van der Waals surface area contributed by atoms with Crippen molar-refractivity contribution in [3.8, 4) is 11.5 Å². The lowest BCUT2D eigenvalue weighted by molar-refractivity contribution is -0.139. The summed E-state index contributed by atoms with van der Waals surface area (Å²) in [5, 5.41) is 3.26. The van der Waals surface area contributed by atoms with Crippen molar-refractivity contribution in [1.29, 1.82) is 0 Å². The van der Waals surface area contributed by atoms with Gasteiger partial charge in [-0.15, -0.1) is 0 Å². The van der Waals surface area contributed by atoms with E-state index in [4.69, 9.17) is 21.1 Å². The molecule has 0 spiro atoms. The van der Waals surface area contributed by atoms with Gasteiger partial charge in [0.2, 0.25) is 21.8 Å². The van der Waals surface area contributed by atoms with Gasteiger partial charge in [0.05, 0.1) is 26.2 Å². The van der Waals surface area contributed by atoms with E-state index in [0.717, 1.165) is 10.6 Å². The van der Waals surface area contributed by atoms with E-state index >= 15 is 0 Å². The van der Waals surface area contributed by atoms with Crippen LogP contribution in [0.5, 0.6) is 11.5 Å². The maximum absolute atomic E-state index is 13.6.